The largest absolute Gasteiger partial charge is 0.395 e. The summed E-state index contributed by atoms with van der Waals surface area (Å²) in [6.45, 7) is 0.239. The molecule has 0 heterocycles. The van der Waals surface area contributed by atoms with Gasteiger partial charge in [-0.2, -0.15) is 13.2 Å². The van der Waals surface area contributed by atoms with E-state index in [0.717, 1.165) is 0 Å². The van der Waals surface area contributed by atoms with E-state index in [9.17, 15) is 13.2 Å². The highest BCUT2D eigenvalue weighted by Crippen LogP contribution is 2.20. The minimum absolute atomic E-state index is 0.0299. The van der Waals surface area contributed by atoms with Gasteiger partial charge in [0.25, 0.3) is 0 Å². The molecule has 6 heteroatoms. The molecule has 0 amide bonds. The Bertz CT molecular complexity index is 141. The zero-order chi connectivity index (χ0) is 11.0. The summed E-state index contributed by atoms with van der Waals surface area (Å²) >= 11 is 0. The van der Waals surface area contributed by atoms with Crippen LogP contribution in [0.2, 0.25) is 0 Å². The fourth-order valence-corrected chi connectivity index (χ4v) is 0.803. The molecule has 0 rings (SSSR count). The first kappa shape index (κ1) is 13.7. The third-order valence-electron chi connectivity index (χ3n) is 1.62. The second-order valence-electron chi connectivity index (χ2n) is 3.06. The summed E-state index contributed by atoms with van der Waals surface area (Å²) in [5, 5.41) is 8.51. The Hall–Kier alpha value is -0.330. The average Bonchev–Trinajstić information content (AvgIpc) is 2.08. The Morgan fingerprint density at radius 3 is 2.43 bits per heavy atom. The fourth-order valence-electron chi connectivity index (χ4n) is 0.803. The van der Waals surface area contributed by atoms with E-state index in [-0.39, 0.29) is 25.7 Å². The van der Waals surface area contributed by atoms with Crippen LogP contribution in [-0.2, 0) is 4.74 Å². The number of nitrogens with two attached hydrogens (primary N) is 1. The Morgan fingerprint density at radius 1 is 1.29 bits per heavy atom. The molecule has 0 aromatic rings. The van der Waals surface area contributed by atoms with Crippen molar-refractivity contribution in [1.82, 2.24) is 0 Å². The number of rotatable bonds is 7. The molecule has 0 aromatic heterocycles. The maximum Gasteiger partial charge on any atom is 0.389 e. The first-order valence-electron chi connectivity index (χ1n) is 4.46. The van der Waals surface area contributed by atoms with Gasteiger partial charge >= 0.3 is 6.18 Å². The van der Waals surface area contributed by atoms with E-state index in [4.69, 9.17) is 15.6 Å². The van der Waals surface area contributed by atoms with Crippen LogP contribution in [0, 0.1) is 0 Å². The van der Waals surface area contributed by atoms with E-state index in [1.165, 1.54) is 0 Å². The molecule has 86 valence electrons. The highest BCUT2D eigenvalue weighted by molar-refractivity contribution is 4.57. The minimum Gasteiger partial charge on any atom is -0.395 e. The minimum atomic E-state index is -4.11. The summed E-state index contributed by atoms with van der Waals surface area (Å²) in [5.41, 5.74) is 5.35. The van der Waals surface area contributed by atoms with Gasteiger partial charge in [-0.1, -0.05) is 0 Å². The van der Waals surface area contributed by atoms with Gasteiger partial charge in [0.1, 0.15) is 0 Å². The third kappa shape index (κ3) is 9.76. The van der Waals surface area contributed by atoms with Crippen molar-refractivity contribution >= 4 is 0 Å². The summed E-state index contributed by atoms with van der Waals surface area (Å²) < 4.78 is 39.8. The molecule has 0 spiro atoms. The Morgan fingerprint density at radius 2 is 1.93 bits per heavy atom. The van der Waals surface area contributed by atoms with Gasteiger partial charge in [-0.3, -0.25) is 0 Å². The lowest BCUT2D eigenvalue weighted by Gasteiger charge is -2.09. The van der Waals surface area contributed by atoms with Gasteiger partial charge in [-0.25, -0.2) is 0 Å². The smallest absolute Gasteiger partial charge is 0.389 e. The topological polar surface area (TPSA) is 55.5 Å². The Balaban J connectivity index is 3.14. The van der Waals surface area contributed by atoms with Crippen molar-refractivity contribution < 1.29 is 23.0 Å². The molecule has 0 aliphatic rings. The molecule has 0 bridgehead atoms. The van der Waals surface area contributed by atoms with E-state index in [0.29, 0.717) is 13.0 Å². The molecule has 1 unspecified atom stereocenters. The molecule has 0 aliphatic heterocycles. The molecule has 3 N–H and O–H groups in total. The molecule has 14 heavy (non-hydrogen) atoms. The third-order valence-corrected chi connectivity index (χ3v) is 1.62. The van der Waals surface area contributed by atoms with Crippen LogP contribution in [0.25, 0.3) is 0 Å². The molecular weight excluding hydrogens is 199 g/mol. The van der Waals surface area contributed by atoms with E-state index in [1.807, 2.05) is 0 Å². The Labute approximate surface area is 81.0 Å². The van der Waals surface area contributed by atoms with Crippen molar-refractivity contribution in [3.8, 4) is 0 Å². The first-order chi connectivity index (χ1) is 6.45. The number of alkyl halides is 3. The maximum absolute atomic E-state index is 11.6. The molecule has 0 aliphatic carbocycles. The van der Waals surface area contributed by atoms with Crippen molar-refractivity contribution in [3.05, 3.63) is 0 Å². The highest BCUT2D eigenvalue weighted by atomic mass is 19.4. The predicted octanol–water partition coefficient (Wildman–Crippen LogP) is 1.06. The van der Waals surface area contributed by atoms with Crippen LogP contribution in [0.4, 0.5) is 13.2 Å². The molecule has 0 saturated heterocycles. The monoisotopic (exact) mass is 215 g/mol. The van der Waals surface area contributed by atoms with Crippen LogP contribution in [0.3, 0.4) is 0 Å². The lowest BCUT2D eigenvalue weighted by atomic mass is 10.2. The SMILES string of the molecule is NC(CO)CCOCCCC(F)(F)F. The second kappa shape index (κ2) is 7.03. The van der Waals surface area contributed by atoms with Crippen LogP contribution in [-0.4, -0.2) is 37.1 Å². The van der Waals surface area contributed by atoms with Gasteiger partial charge < -0.3 is 15.6 Å². The Kier molecular flexibility index (Phi) is 6.86. The average molecular weight is 215 g/mol. The number of aliphatic hydroxyl groups is 1. The van der Waals surface area contributed by atoms with Gasteiger partial charge in [0.15, 0.2) is 0 Å². The normalized spacial score (nSPS) is 14.4. The molecule has 0 saturated carbocycles. The lowest BCUT2D eigenvalue weighted by Crippen LogP contribution is -2.26. The first-order valence-corrected chi connectivity index (χ1v) is 4.46. The molecule has 0 aromatic carbocycles. The predicted molar refractivity (Wildman–Crippen MR) is 45.8 cm³/mol. The van der Waals surface area contributed by atoms with Crippen LogP contribution < -0.4 is 5.73 Å². The number of hydrogen-bond acceptors (Lipinski definition) is 3. The van der Waals surface area contributed by atoms with Crippen molar-refractivity contribution in [1.29, 1.82) is 0 Å². The van der Waals surface area contributed by atoms with Gasteiger partial charge in [0.2, 0.25) is 0 Å². The quantitative estimate of drug-likeness (QED) is 0.624. The molecule has 3 nitrogen and oxygen atoms in total. The number of halogens is 3. The van der Waals surface area contributed by atoms with Gasteiger partial charge in [-0.05, 0) is 12.8 Å². The number of aliphatic hydroxyl groups excluding tert-OH is 1. The standard InChI is InChI=1S/C8H16F3NO2/c9-8(10,11)3-1-4-14-5-2-7(12)6-13/h7,13H,1-6,12H2. The number of ether oxygens (including phenoxy) is 1. The maximum atomic E-state index is 11.6. The van der Waals surface area contributed by atoms with Crippen LogP contribution in [0.5, 0.6) is 0 Å². The van der Waals surface area contributed by atoms with Gasteiger partial charge in [0.05, 0.1) is 6.61 Å². The van der Waals surface area contributed by atoms with E-state index >= 15 is 0 Å². The summed E-state index contributed by atoms with van der Waals surface area (Å²) in [7, 11) is 0. The van der Waals surface area contributed by atoms with Crippen molar-refractivity contribution in [2.75, 3.05) is 19.8 Å². The van der Waals surface area contributed by atoms with Crippen LogP contribution in [0.15, 0.2) is 0 Å². The van der Waals surface area contributed by atoms with E-state index < -0.39 is 12.6 Å². The van der Waals surface area contributed by atoms with Crippen LogP contribution >= 0.6 is 0 Å². The number of hydrogen-bond donors (Lipinski definition) is 2. The highest BCUT2D eigenvalue weighted by Gasteiger charge is 2.25. The molecule has 0 radical (unpaired) electrons. The summed E-state index contributed by atoms with van der Waals surface area (Å²) in [5.74, 6) is 0. The zero-order valence-electron chi connectivity index (χ0n) is 7.89. The van der Waals surface area contributed by atoms with E-state index in [2.05, 4.69) is 0 Å². The summed E-state index contributed by atoms with van der Waals surface area (Å²) in [6, 6.07) is -0.349. The van der Waals surface area contributed by atoms with Gasteiger partial charge in [0, 0.05) is 25.7 Å². The molecular formula is C8H16F3NO2. The lowest BCUT2D eigenvalue weighted by molar-refractivity contribution is -0.137. The van der Waals surface area contributed by atoms with Crippen molar-refractivity contribution in [2.45, 2.75) is 31.5 Å². The van der Waals surface area contributed by atoms with Gasteiger partial charge in [-0.15, -0.1) is 0 Å². The van der Waals surface area contributed by atoms with Crippen molar-refractivity contribution in [2.24, 2.45) is 5.73 Å². The van der Waals surface area contributed by atoms with E-state index in [1.54, 1.807) is 0 Å². The van der Waals surface area contributed by atoms with Crippen LogP contribution in [0.1, 0.15) is 19.3 Å². The second-order valence-corrected chi connectivity index (χ2v) is 3.06. The van der Waals surface area contributed by atoms with Crippen molar-refractivity contribution in [3.63, 3.8) is 0 Å². The molecule has 0 fully saturated rings. The summed E-state index contributed by atoms with van der Waals surface area (Å²) in [4.78, 5) is 0. The molecule has 1 atom stereocenters. The summed E-state index contributed by atoms with van der Waals surface area (Å²) in [6.07, 6.45) is -4.50. The fraction of sp³-hybridized carbons (Fsp3) is 1.00. The zero-order valence-corrected chi connectivity index (χ0v) is 7.89.